The van der Waals surface area contributed by atoms with E-state index in [4.69, 9.17) is 4.74 Å². The van der Waals surface area contributed by atoms with Gasteiger partial charge in [-0.3, -0.25) is 4.98 Å². The molecule has 0 aliphatic carbocycles. The van der Waals surface area contributed by atoms with Crippen LogP contribution in [0.1, 0.15) is 10.4 Å². The lowest BCUT2D eigenvalue weighted by atomic mass is 10.3. The van der Waals surface area contributed by atoms with E-state index in [0.717, 1.165) is 6.07 Å². The first-order chi connectivity index (χ1) is 7.75. The molecule has 0 fully saturated rings. The molecule has 0 radical (unpaired) electrons. The molecule has 3 nitrogen and oxygen atoms in total. The smallest absolute Gasteiger partial charge is 0.343 e. The average Bonchev–Trinajstić information content (AvgIpc) is 2.30. The molecule has 4 heteroatoms. The maximum atomic E-state index is 12.8. The number of halogens is 1. The number of aromatic nitrogens is 1. The third-order valence-corrected chi connectivity index (χ3v) is 1.92. The lowest BCUT2D eigenvalue weighted by Gasteiger charge is -2.03. The van der Waals surface area contributed by atoms with E-state index in [1.807, 2.05) is 0 Å². The van der Waals surface area contributed by atoms with Crippen LogP contribution < -0.4 is 4.74 Å². The number of hydrogen-bond donors (Lipinski definition) is 0. The van der Waals surface area contributed by atoms with Gasteiger partial charge in [0.05, 0.1) is 5.56 Å². The molecule has 2 aromatic rings. The SMILES string of the molecule is O=C(Oc1cccc(F)c1)c1ccncc1. The zero-order chi connectivity index (χ0) is 11.4. The van der Waals surface area contributed by atoms with Crippen molar-refractivity contribution < 1.29 is 13.9 Å². The van der Waals surface area contributed by atoms with Crippen molar-refractivity contribution in [2.24, 2.45) is 0 Å². The molecule has 0 atom stereocenters. The van der Waals surface area contributed by atoms with Gasteiger partial charge in [0, 0.05) is 18.5 Å². The van der Waals surface area contributed by atoms with Crippen LogP contribution in [-0.2, 0) is 0 Å². The van der Waals surface area contributed by atoms with Crippen LogP contribution in [0, 0.1) is 5.82 Å². The fourth-order valence-corrected chi connectivity index (χ4v) is 1.18. The molecule has 0 bridgehead atoms. The fraction of sp³-hybridized carbons (Fsp3) is 0. The van der Waals surface area contributed by atoms with Gasteiger partial charge < -0.3 is 4.74 Å². The number of ether oxygens (including phenoxy) is 1. The highest BCUT2D eigenvalue weighted by molar-refractivity contribution is 5.90. The minimum atomic E-state index is -0.534. The predicted octanol–water partition coefficient (Wildman–Crippen LogP) is 2.44. The van der Waals surface area contributed by atoms with Crippen LogP contribution in [0.25, 0.3) is 0 Å². The third-order valence-electron chi connectivity index (χ3n) is 1.92. The summed E-state index contributed by atoms with van der Waals surface area (Å²) >= 11 is 0. The minimum absolute atomic E-state index is 0.182. The second kappa shape index (κ2) is 4.53. The second-order valence-corrected chi connectivity index (χ2v) is 3.08. The van der Waals surface area contributed by atoms with E-state index >= 15 is 0 Å². The maximum absolute atomic E-state index is 12.8. The van der Waals surface area contributed by atoms with Gasteiger partial charge >= 0.3 is 5.97 Å². The highest BCUT2D eigenvalue weighted by atomic mass is 19.1. The minimum Gasteiger partial charge on any atom is -0.423 e. The van der Waals surface area contributed by atoms with E-state index in [2.05, 4.69) is 4.98 Å². The summed E-state index contributed by atoms with van der Waals surface area (Å²) in [4.78, 5) is 15.3. The monoisotopic (exact) mass is 217 g/mol. The summed E-state index contributed by atoms with van der Waals surface area (Å²) in [6, 6.07) is 8.48. The number of rotatable bonds is 2. The molecule has 0 saturated carbocycles. The first-order valence-electron chi connectivity index (χ1n) is 4.63. The van der Waals surface area contributed by atoms with Gasteiger partial charge in [-0.2, -0.15) is 0 Å². The summed E-state index contributed by atoms with van der Waals surface area (Å²) in [5.41, 5.74) is 0.374. The molecule has 0 aliphatic rings. The molecule has 0 spiro atoms. The molecule has 1 aromatic carbocycles. The van der Waals surface area contributed by atoms with E-state index in [9.17, 15) is 9.18 Å². The zero-order valence-electron chi connectivity index (χ0n) is 8.26. The quantitative estimate of drug-likeness (QED) is 0.573. The number of carbonyl (C=O) groups excluding carboxylic acids is 1. The Morgan fingerprint density at radius 2 is 1.94 bits per heavy atom. The molecule has 1 aromatic heterocycles. The molecule has 0 N–H and O–H groups in total. The first kappa shape index (κ1) is 10.3. The van der Waals surface area contributed by atoms with Crippen LogP contribution in [0.4, 0.5) is 4.39 Å². The fourth-order valence-electron chi connectivity index (χ4n) is 1.18. The zero-order valence-corrected chi connectivity index (χ0v) is 8.26. The lowest BCUT2D eigenvalue weighted by Crippen LogP contribution is -2.08. The topological polar surface area (TPSA) is 39.2 Å². The number of hydrogen-bond acceptors (Lipinski definition) is 3. The van der Waals surface area contributed by atoms with Crippen LogP contribution >= 0.6 is 0 Å². The number of nitrogens with zero attached hydrogens (tertiary/aromatic N) is 1. The van der Waals surface area contributed by atoms with Crippen LogP contribution in [0.15, 0.2) is 48.8 Å². The van der Waals surface area contributed by atoms with E-state index < -0.39 is 11.8 Å². The highest BCUT2D eigenvalue weighted by Crippen LogP contribution is 2.13. The van der Waals surface area contributed by atoms with E-state index in [1.165, 1.54) is 42.7 Å². The molecule has 0 unspecified atom stereocenters. The molecule has 0 saturated heterocycles. The Labute approximate surface area is 91.5 Å². The van der Waals surface area contributed by atoms with Crippen molar-refractivity contribution >= 4 is 5.97 Å². The standard InChI is InChI=1S/C12H8FNO2/c13-10-2-1-3-11(8-10)16-12(15)9-4-6-14-7-5-9/h1-8H. The van der Waals surface area contributed by atoms with Gasteiger partial charge in [0.1, 0.15) is 11.6 Å². The number of pyridine rings is 1. The summed E-state index contributed by atoms with van der Waals surface area (Å²) in [6.07, 6.45) is 2.98. The van der Waals surface area contributed by atoms with E-state index in [1.54, 1.807) is 0 Å². The molecule has 1 heterocycles. The number of esters is 1. The summed E-state index contributed by atoms with van der Waals surface area (Å²) in [5.74, 6) is -0.796. The molecule has 0 amide bonds. The van der Waals surface area contributed by atoms with E-state index in [-0.39, 0.29) is 5.75 Å². The van der Waals surface area contributed by atoms with Gasteiger partial charge in [-0.15, -0.1) is 0 Å². The van der Waals surface area contributed by atoms with Crippen molar-refractivity contribution in [2.45, 2.75) is 0 Å². The van der Waals surface area contributed by atoms with Crippen LogP contribution in [0.5, 0.6) is 5.75 Å². The molecular weight excluding hydrogens is 209 g/mol. The Morgan fingerprint density at radius 3 is 2.62 bits per heavy atom. The van der Waals surface area contributed by atoms with Gasteiger partial charge in [-0.05, 0) is 24.3 Å². The summed E-state index contributed by atoms with van der Waals surface area (Å²) in [5, 5.41) is 0. The molecule has 2 rings (SSSR count). The summed E-state index contributed by atoms with van der Waals surface area (Å²) < 4.78 is 17.8. The molecule has 80 valence electrons. The Kier molecular flexibility index (Phi) is 2.91. The van der Waals surface area contributed by atoms with Crippen molar-refractivity contribution in [1.29, 1.82) is 0 Å². The van der Waals surface area contributed by atoms with Crippen molar-refractivity contribution in [3.8, 4) is 5.75 Å². The largest absolute Gasteiger partial charge is 0.423 e. The highest BCUT2D eigenvalue weighted by Gasteiger charge is 2.07. The van der Waals surface area contributed by atoms with Gasteiger partial charge in [-0.25, -0.2) is 9.18 Å². The number of carbonyl (C=O) groups is 1. The van der Waals surface area contributed by atoms with Crippen LogP contribution in [0.2, 0.25) is 0 Å². The molecule has 16 heavy (non-hydrogen) atoms. The van der Waals surface area contributed by atoms with Gasteiger partial charge in [-0.1, -0.05) is 6.07 Å². The van der Waals surface area contributed by atoms with Crippen molar-refractivity contribution in [1.82, 2.24) is 4.98 Å². The van der Waals surface area contributed by atoms with Crippen LogP contribution in [-0.4, -0.2) is 11.0 Å². The van der Waals surface area contributed by atoms with Crippen molar-refractivity contribution in [3.63, 3.8) is 0 Å². The van der Waals surface area contributed by atoms with Crippen molar-refractivity contribution in [2.75, 3.05) is 0 Å². The second-order valence-electron chi connectivity index (χ2n) is 3.08. The van der Waals surface area contributed by atoms with Gasteiger partial charge in [0.15, 0.2) is 0 Å². The average molecular weight is 217 g/mol. The van der Waals surface area contributed by atoms with Crippen molar-refractivity contribution in [3.05, 3.63) is 60.2 Å². The Hall–Kier alpha value is -2.23. The summed E-state index contributed by atoms with van der Waals surface area (Å²) in [7, 11) is 0. The Balaban J connectivity index is 2.14. The molecular formula is C12H8FNO2. The first-order valence-corrected chi connectivity index (χ1v) is 4.63. The Morgan fingerprint density at radius 1 is 1.19 bits per heavy atom. The molecule has 0 aliphatic heterocycles. The summed E-state index contributed by atoms with van der Waals surface area (Å²) in [6.45, 7) is 0. The van der Waals surface area contributed by atoms with Gasteiger partial charge in [0.2, 0.25) is 0 Å². The van der Waals surface area contributed by atoms with E-state index in [0.29, 0.717) is 5.56 Å². The Bertz CT molecular complexity index is 499. The van der Waals surface area contributed by atoms with Crippen LogP contribution in [0.3, 0.4) is 0 Å². The lowest BCUT2D eigenvalue weighted by molar-refractivity contribution is 0.0734. The third kappa shape index (κ3) is 2.42. The number of benzene rings is 1. The van der Waals surface area contributed by atoms with Gasteiger partial charge in [0.25, 0.3) is 0 Å². The predicted molar refractivity (Wildman–Crippen MR) is 55.6 cm³/mol. The normalized spacial score (nSPS) is 9.81. The maximum Gasteiger partial charge on any atom is 0.343 e.